The minimum Gasteiger partial charge on any atom is -0.497 e. The SMILES string of the molecule is COc1ccc(NC(=O)[C@@H](CCSC)N2C(=O)c3ccccc3C2=O)c(OC)c1. The number of nitrogens with zero attached hydrogens (tertiary/aromatic N) is 1. The van der Waals surface area contributed by atoms with Gasteiger partial charge in [-0.15, -0.1) is 0 Å². The Bertz CT molecular complexity index is 911. The third kappa shape index (κ3) is 4.07. The van der Waals surface area contributed by atoms with Crippen molar-refractivity contribution in [2.45, 2.75) is 12.5 Å². The summed E-state index contributed by atoms with van der Waals surface area (Å²) < 4.78 is 10.5. The van der Waals surface area contributed by atoms with Gasteiger partial charge in [-0.3, -0.25) is 19.3 Å². The molecule has 0 unspecified atom stereocenters. The van der Waals surface area contributed by atoms with Crippen LogP contribution in [0.4, 0.5) is 5.69 Å². The molecule has 1 atom stereocenters. The van der Waals surface area contributed by atoms with Gasteiger partial charge in [0.2, 0.25) is 5.91 Å². The number of methoxy groups -OCH3 is 2. The molecular weight excluding hydrogens is 392 g/mol. The van der Waals surface area contributed by atoms with Gasteiger partial charge in [0.05, 0.1) is 31.0 Å². The topological polar surface area (TPSA) is 84.9 Å². The fourth-order valence-corrected chi connectivity index (χ4v) is 3.67. The number of rotatable bonds is 8. The quantitative estimate of drug-likeness (QED) is 0.669. The first-order chi connectivity index (χ1) is 14.0. The number of imide groups is 1. The summed E-state index contributed by atoms with van der Waals surface area (Å²) in [7, 11) is 3.02. The van der Waals surface area contributed by atoms with Gasteiger partial charge in [0.1, 0.15) is 17.5 Å². The van der Waals surface area contributed by atoms with E-state index in [2.05, 4.69) is 5.32 Å². The highest BCUT2D eigenvalue weighted by Crippen LogP contribution is 2.31. The summed E-state index contributed by atoms with van der Waals surface area (Å²) in [4.78, 5) is 39.9. The van der Waals surface area contributed by atoms with Crippen molar-refractivity contribution in [2.24, 2.45) is 0 Å². The predicted molar refractivity (Wildman–Crippen MR) is 112 cm³/mol. The Morgan fingerprint density at radius 1 is 1.07 bits per heavy atom. The first kappa shape index (κ1) is 20.7. The average molecular weight is 414 g/mol. The highest BCUT2D eigenvalue weighted by molar-refractivity contribution is 7.98. The van der Waals surface area contributed by atoms with Gasteiger partial charge < -0.3 is 14.8 Å². The van der Waals surface area contributed by atoms with Gasteiger partial charge in [-0.05, 0) is 42.7 Å². The summed E-state index contributed by atoms with van der Waals surface area (Å²) in [5.74, 6) is 0.271. The summed E-state index contributed by atoms with van der Waals surface area (Å²) in [5, 5.41) is 2.79. The molecule has 0 aliphatic carbocycles. The molecule has 2 aromatic carbocycles. The van der Waals surface area contributed by atoms with Crippen molar-refractivity contribution >= 4 is 35.2 Å². The van der Waals surface area contributed by atoms with E-state index >= 15 is 0 Å². The van der Waals surface area contributed by atoms with Crippen LogP contribution in [0.25, 0.3) is 0 Å². The van der Waals surface area contributed by atoms with Gasteiger partial charge in [-0.25, -0.2) is 0 Å². The number of amides is 3. The summed E-state index contributed by atoms with van der Waals surface area (Å²) in [6, 6.07) is 10.7. The number of ether oxygens (including phenoxy) is 2. The van der Waals surface area contributed by atoms with Crippen LogP contribution in [0.15, 0.2) is 42.5 Å². The number of carbonyl (C=O) groups excluding carboxylic acids is 3. The standard InChI is InChI=1S/C21H22N2O5S/c1-27-13-8-9-16(18(12-13)28-2)22-19(24)17(10-11-29-3)23-20(25)14-6-4-5-7-15(14)21(23)26/h4-9,12,17H,10-11H2,1-3H3,(H,22,24)/t17-/m1/s1. The van der Waals surface area contributed by atoms with Crippen molar-refractivity contribution < 1.29 is 23.9 Å². The summed E-state index contributed by atoms with van der Waals surface area (Å²) in [5.41, 5.74) is 1.08. The molecule has 29 heavy (non-hydrogen) atoms. The molecule has 3 amide bonds. The molecule has 1 aliphatic rings. The molecule has 0 fully saturated rings. The van der Waals surface area contributed by atoms with Crippen molar-refractivity contribution in [3.05, 3.63) is 53.6 Å². The minimum absolute atomic E-state index is 0.321. The summed E-state index contributed by atoms with van der Waals surface area (Å²) >= 11 is 1.54. The minimum atomic E-state index is -0.929. The molecule has 0 aromatic heterocycles. The van der Waals surface area contributed by atoms with Crippen LogP contribution in [0.1, 0.15) is 27.1 Å². The van der Waals surface area contributed by atoms with E-state index in [1.165, 1.54) is 14.2 Å². The van der Waals surface area contributed by atoms with Crippen molar-refractivity contribution in [3.8, 4) is 11.5 Å². The van der Waals surface area contributed by atoms with Gasteiger partial charge >= 0.3 is 0 Å². The predicted octanol–water partition coefficient (Wildman–Crippen LogP) is 3.06. The fourth-order valence-electron chi connectivity index (χ4n) is 3.22. The van der Waals surface area contributed by atoms with Gasteiger partial charge in [0, 0.05) is 6.07 Å². The number of benzene rings is 2. The molecule has 0 bridgehead atoms. The molecule has 0 saturated carbocycles. The van der Waals surface area contributed by atoms with Crippen molar-refractivity contribution in [3.63, 3.8) is 0 Å². The largest absolute Gasteiger partial charge is 0.497 e. The number of carbonyl (C=O) groups is 3. The lowest BCUT2D eigenvalue weighted by atomic mass is 10.1. The van der Waals surface area contributed by atoms with Crippen LogP contribution in [0.3, 0.4) is 0 Å². The Hall–Kier alpha value is -3.00. The zero-order chi connectivity index (χ0) is 21.0. The van der Waals surface area contributed by atoms with Gasteiger partial charge in [0.15, 0.2) is 0 Å². The van der Waals surface area contributed by atoms with Crippen LogP contribution in [-0.4, -0.2) is 54.9 Å². The van der Waals surface area contributed by atoms with Crippen LogP contribution in [0.2, 0.25) is 0 Å². The maximum Gasteiger partial charge on any atom is 0.262 e. The van der Waals surface area contributed by atoms with E-state index in [1.807, 2.05) is 6.26 Å². The second-order valence-electron chi connectivity index (χ2n) is 6.38. The molecule has 1 aliphatic heterocycles. The van der Waals surface area contributed by atoms with E-state index in [0.717, 1.165) is 4.90 Å². The molecule has 0 radical (unpaired) electrons. The molecule has 8 heteroatoms. The first-order valence-electron chi connectivity index (χ1n) is 9.00. The first-order valence-corrected chi connectivity index (χ1v) is 10.4. The molecule has 0 spiro atoms. The number of hydrogen-bond donors (Lipinski definition) is 1. The molecule has 1 N–H and O–H groups in total. The van der Waals surface area contributed by atoms with E-state index in [-0.39, 0.29) is 0 Å². The Morgan fingerprint density at radius 3 is 2.28 bits per heavy atom. The lowest BCUT2D eigenvalue weighted by molar-refractivity contribution is -0.120. The van der Waals surface area contributed by atoms with Gasteiger partial charge in [0.25, 0.3) is 11.8 Å². The third-order valence-electron chi connectivity index (χ3n) is 4.70. The number of hydrogen-bond acceptors (Lipinski definition) is 6. The molecule has 0 saturated heterocycles. The van der Waals surface area contributed by atoms with Crippen LogP contribution >= 0.6 is 11.8 Å². The van der Waals surface area contributed by atoms with Gasteiger partial charge in [-0.2, -0.15) is 11.8 Å². The maximum absolute atomic E-state index is 13.1. The molecule has 2 aromatic rings. The summed E-state index contributed by atoms with van der Waals surface area (Å²) in [6.45, 7) is 0. The van der Waals surface area contributed by atoms with Gasteiger partial charge in [-0.1, -0.05) is 12.1 Å². The van der Waals surface area contributed by atoms with E-state index in [0.29, 0.717) is 40.5 Å². The van der Waals surface area contributed by atoms with E-state index in [9.17, 15) is 14.4 Å². The maximum atomic E-state index is 13.1. The number of anilines is 1. The fraction of sp³-hybridized carbons (Fsp3) is 0.286. The summed E-state index contributed by atoms with van der Waals surface area (Å²) in [6.07, 6.45) is 2.25. The Labute approximate surface area is 173 Å². The molecular formula is C21H22N2O5S. The highest BCUT2D eigenvalue weighted by atomic mass is 32.2. The second kappa shape index (κ2) is 9.00. The number of nitrogens with one attached hydrogen (secondary N) is 1. The highest BCUT2D eigenvalue weighted by Gasteiger charge is 2.42. The lowest BCUT2D eigenvalue weighted by Crippen LogP contribution is -2.47. The molecule has 7 nitrogen and oxygen atoms in total. The molecule has 3 rings (SSSR count). The number of thioether (sulfide) groups is 1. The van der Waals surface area contributed by atoms with Crippen molar-refractivity contribution in [2.75, 3.05) is 31.5 Å². The molecule has 152 valence electrons. The molecule has 1 heterocycles. The zero-order valence-electron chi connectivity index (χ0n) is 16.4. The normalized spacial score (nSPS) is 13.8. The van der Waals surface area contributed by atoms with E-state index in [4.69, 9.17) is 9.47 Å². The van der Waals surface area contributed by atoms with E-state index in [1.54, 1.807) is 54.2 Å². The number of fused-ring (bicyclic) bond motifs is 1. The second-order valence-corrected chi connectivity index (χ2v) is 7.36. The zero-order valence-corrected chi connectivity index (χ0v) is 17.2. The van der Waals surface area contributed by atoms with Crippen LogP contribution in [-0.2, 0) is 4.79 Å². The monoisotopic (exact) mass is 414 g/mol. The Balaban J connectivity index is 1.89. The van der Waals surface area contributed by atoms with Crippen LogP contribution in [0.5, 0.6) is 11.5 Å². The average Bonchev–Trinajstić information content (AvgIpc) is 2.99. The smallest absolute Gasteiger partial charge is 0.262 e. The van der Waals surface area contributed by atoms with Crippen LogP contribution < -0.4 is 14.8 Å². The van der Waals surface area contributed by atoms with Crippen molar-refractivity contribution in [1.82, 2.24) is 4.90 Å². The Morgan fingerprint density at radius 2 is 1.72 bits per heavy atom. The van der Waals surface area contributed by atoms with E-state index < -0.39 is 23.8 Å². The van der Waals surface area contributed by atoms with Crippen molar-refractivity contribution in [1.29, 1.82) is 0 Å². The third-order valence-corrected chi connectivity index (χ3v) is 5.35. The Kier molecular flexibility index (Phi) is 6.43. The van der Waals surface area contributed by atoms with Crippen LogP contribution in [0, 0.1) is 0 Å². The lowest BCUT2D eigenvalue weighted by Gasteiger charge is -2.25.